The van der Waals surface area contributed by atoms with Gasteiger partial charge in [-0.3, -0.25) is 9.59 Å². The largest absolute Gasteiger partial charge is 0.459 e. The van der Waals surface area contributed by atoms with Gasteiger partial charge in [0.15, 0.2) is 5.16 Å². The number of hydrogen-bond donors (Lipinski definition) is 2. The molecular formula is C19H25N5O4S2. The number of nitrogens with two attached hydrogens (primary N) is 1. The molecule has 0 saturated carbocycles. The van der Waals surface area contributed by atoms with Crippen LogP contribution in [0.5, 0.6) is 0 Å². The van der Waals surface area contributed by atoms with Crippen LogP contribution >= 0.6 is 23.1 Å². The molecule has 0 unspecified atom stereocenters. The Morgan fingerprint density at radius 1 is 1.37 bits per heavy atom. The zero-order chi connectivity index (χ0) is 22.4. The van der Waals surface area contributed by atoms with Crippen molar-refractivity contribution in [1.82, 2.24) is 14.8 Å². The molecule has 11 heteroatoms. The van der Waals surface area contributed by atoms with Crippen LogP contribution in [0.15, 0.2) is 17.8 Å². The lowest BCUT2D eigenvalue weighted by Gasteiger charge is -2.10. The number of anilines is 1. The molecule has 9 nitrogen and oxygen atoms in total. The third kappa shape index (κ3) is 5.48. The minimum atomic E-state index is -0.671. The normalized spacial score (nSPS) is 10.8. The van der Waals surface area contributed by atoms with E-state index in [2.05, 4.69) is 22.1 Å². The summed E-state index contributed by atoms with van der Waals surface area (Å²) in [5, 5.41) is 11.8. The average Bonchev–Trinajstić information content (AvgIpc) is 3.20. The number of ether oxygens (including phenoxy) is 1. The summed E-state index contributed by atoms with van der Waals surface area (Å²) in [5.74, 6) is -0.803. The number of nitrogens with zero attached hydrogens (tertiary/aromatic N) is 3. The number of thiophene rings is 1. The maximum atomic E-state index is 12.5. The van der Waals surface area contributed by atoms with Crippen molar-refractivity contribution in [2.24, 2.45) is 5.73 Å². The van der Waals surface area contributed by atoms with Crippen LogP contribution in [0.3, 0.4) is 0 Å². The van der Waals surface area contributed by atoms with Crippen LogP contribution in [0.4, 0.5) is 5.00 Å². The van der Waals surface area contributed by atoms with E-state index in [1.165, 1.54) is 11.8 Å². The Morgan fingerprint density at radius 2 is 2.07 bits per heavy atom. The van der Waals surface area contributed by atoms with E-state index >= 15 is 0 Å². The molecule has 0 aromatic carbocycles. The van der Waals surface area contributed by atoms with Gasteiger partial charge < -0.3 is 20.4 Å². The second kappa shape index (κ2) is 10.4. The number of amides is 2. The molecule has 30 heavy (non-hydrogen) atoms. The van der Waals surface area contributed by atoms with E-state index in [0.29, 0.717) is 23.7 Å². The quantitative estimate of drug-likeness (QED) is 0.323. The maximum absolute atomic E-state index is 12.5. The average molecular weight is 452 g/mol. The summed E-state index contributed by atoms with van der Waals surface area (Å²) >= 11 is 2.17. The number of carbonyl (C=O) groups is 3. The minimum absolute atomic E-state index is 0.0422. The first-order chi connectivity index (χ1) is 14.2. The zero-order valence-electron chi connectivity index (χ0n) is 17.4. The highest BCUT2D eigenvalue weighted by Crippen LogP contribution is 2.34. The number of aromatic nitrogens is 3. The summed E-state index contributed by atoms with van der Waals surface area (Å²) in [6, 6.07) is 0. The van der Waals surface area contributed by atoms with Crippen LogP contribution < -0.4 is 11.1 Å². The topological polar surface area (TPSA) is 129 Å². The first-order valence-corrected chi connectivity index (χ1v) is 11.1. The summed E-state index contributed by atoms with van der Waals surface area (Å²) in [6.45, 7) is 11.3. The molecule has 2 aromatic heterocycles. The molecule has 2 amide bonds. The van der Waals surface area contributed by atoms with Crippen molar-refractivity contribution in [3.63, 3.8) is 0 Å². The Labute approximate surface area is 183 Å². The third-order valence-electron chi connectivity index (χ3n) is 3.92. The number of hydrogen-bond acceptors (Lipinski definition) is 8. The monoisotopic (exact) mass is 451 g/mol. The second-order valence-electron chi connectivity index (χ2n) is 6.57. The highest BCUT2D eigenvalue weighted by molar-refractivity contribution is 7.99. The summed E-state index contributed by atoms with van der Waals surface area (Å²) in [7, 11) is 0. The molecule has 0 spiro atoms. The Bertz CT molecular complexity index is 965. The number of esters is 1. The molecule has 0 aliphatic carbocycles. The van der Waals surface area contributed by atoms with Crippen LogP contribution in [-0.4, -0.2) is 44.4 Å². The Kier molecular flexibility index (Phi) is 8.18. The number of primary amides is 1. The molecule has 0 radical (unpaired) electrons. The summed E-state index contributed by atoms with van der Waals surface area (Å²) in [4.78, 5) is 36.9. The number of carbonyl (C=O) groups excluding carboxylic acids is 3. The maximum Gasteiger partial charge on any atom is 0.341 e. The fraction of sp³-hybridized carbons (Fsp3) is 0.421. The smallest absolute Gasteiger partial charge is 0.341 e. The van der Waals surface area contributed by atoms with Gasteiger partial charge in [0.05, 0.1) is 22.3 Å². The number of allylic oxidation sites excluding steroid dienone is 1. The molecular weight excluding hydrogens is 426 g/mol. The SMILES string of the molecule is C=CCn1c(CC)nnc1SCC(=O)Nc1sc(C(N)=O)c(C)c1C(=O)OC(C)C. The molecule has 0 saturated heterocycles. The first kappa shape index (κ1) is 23.6. The number of aryl methyl sites for hydroxylation is 1. The van der Waals surface area contributed by atoms with Crippen molar-refractivity contribution < 1.29 is 19.1 Å². The van der Waals surface area contributed by atoms with Gasteiger partial charge in [-0.25, -0.2) is 4.79 Å². The van der Waals surface area contributed by atoms with Gasteiger partial charge in [-0.05, 0) is 26.3 Å². The van der Waals surface area contributed by atoms with E-state index in [-0.39, 0.29) is 33.2 Å². The van der Waals surface area contributed by atoms with Crippen molar-refractivity contribution in [3.05, 3.63) is 34.5 Å². The first-order valence-electron chi connectivity index (χ1n) is 9.29. The van der Waals surface area contributed by atoms with Crippen LogP contribution in [0, 0.1) is 6.92 Å². The van der Waals surface area contributed by atoms with E-state index in [9.17, 15) is 14.4 Å². The molecule has 2 heterocycles. The van der Waals surface area contributed by atoms with E-state index in [4.69, 9.17) is 10.5 Å². The molecule has 2 rings (SSSR count). The number of nitrogens with one attached hydrogen (secondary N) is 1. The van der Waals surface area contributed by atoms with Crippen molar-refractivity contribution in [1.29, 1.82) is 0 Å². The fourth-order valence-corrected chi connectivity index (χ4v) is 4.48. The van der Waals surface area contributed by atoms with Gasteiger partial charge in [0.1, 0.15) is 10.8 Å². The molecule has 2 aromatic rings. The molecule has 0 aliphatic heterocycles. The van der Waals surface area contributed by atoms with Crippen molar-refractivity contribution in [2.75, 3.05) is 11.1 Å². The standard InChI is InChI=1S/C19H25N5O4S2/c1-6-8-24-12(7-2)22-23-19(24)29-9-13(25)21-17-14(18(27)28-10(3)4)11(5)15(30-17)16(20)26/h6,10H,1,7-9H2,2-5H3,(H2,20,26)(H,21,25). The van der Waals surface area contributed by atoms with Gasteiger partial charge in [0.2, 0.25) is 5.91 Å². The highest BCUT2D eigenvalue weighted by atomic mass is 32.2. The van der Waals surface area contributed by atoms with Gasteiger partial charge in [0, 0.05) is 13.0 Å². The summed E-state index contributed by atoms with van der Waals surface area (Å²) in [5.41, 5.74) is 5.93. The van der Waals surface area contributed by atoms with E-state index in [1.807, 2.05) is 11.5 Å². The Hall–Kier alpha value is -2.66. The predicted octanol–water partition coefficient (Wildman–Crippen LogP) is 2.79. The molecule has 0 bridgehead atoms. The van der Waals surface area contributed by atoms with Gasteiger partial charge >= 0.3 is 5.97 Å². The van der Waals surface area contributed by atoms with Gasteiger partial charge in [-0.2, -0.15) is 0 Å². The van der Waals surface area contributed by atoms with Crippen molar-refractivity contribution >= 4 is 45.9 Å². The molecule has 3 N–H and O–H groups in total. The van der Waals surface area contributed by atoms with E-state index < -0.39 is 11.9 Å². The lowest BCUT2D eigenvalue weighted by atomic mass is 10.1. The fourth-order valence-electron chi connectivity index (χ4n) is 2.65. The molecule has 0 fully saturated rings. The lowest BCUT2D eigenvalue weighted by Crippen LogP contribution is -2.18. The Balaban J connectivity index is 2.19. The van der Waals surface area contributed by atoms with Gasteiger partial charge in [0.25, 0.3) is 5.91 Å². The molecule has 162 valence electrons. The van der Waals surface area contributed by atoms with Crippen LogP contribution in [0.25, 0.3) is 0 Å². The minimum Gasteiger partial charge on any atom is -0.459 e. The zero-order valence-corrected chi connectivity index (χ0v) is 19.0. The molecule has 0 aliphatic rings. The second-order valence-corrected chi connectivity index (χ2v) is 8.53. The van der Waals surface area contributed by atoms with Crippen LogP contribution in [0.1, 0.15) is 52.2 Å². The lowest BCUT2D eigenvalue weighted by molar-refractivity contribution is -0.113. The van der Waals surface area contributed by atoms with Gasteiger partial charge in [-0.15, -0.1) is 28.1 Å². The third-order valence-corrected chi connectivity index (χ3v) is 6.11. The highest BCUT2D eigenvalue weighted by Gasteiger charge is 2.26. The number of rotatable bonds is 10. The van der Waals surface area contributed by atoms with E-state index in [1.54, 1.807) is 26.8 Å². The van der Waals surface area contributed by atoms with Gasteiger partial charge in [-0.1, -0.05) is 24.8 Å². The van der Waals surface area contributed by atoms with Crippen LogP contribution in [0.2, 0.25) is 0 Å². The Morgan fingerprint density at radius 3 is 2.63 bits per heavy atom. The van der Waals surface area contributed by atoms with Crippen molar-refractivity contribution in [2.45, 2.75) is 51.9 Å². The van der Waals surface area contributed by atoms with Crippen LogP contribution in [-0.2, 0) is 22.5 Å². The number of thioether (sulfide) groups is 1. The van der Waals surface area contributed by atoms with Crippen molar-refractivity contribution in [3.8, 4) is 0 Å². The summed E-state index contributed by atoms with van der Waals surface area (Å²) in [6.07, 6.45) is 2.09. The molecule has 0 atom stereocenters. The predicted molar refractivity (Wildman–Crippen MR) is 117 cm³/mol. The van der Waals surface area contributed by atoms with E-state index in [0.717, 1.165) is 17.2 Å². The summed E-state index contributed by atoms with van der Waals surface area (Å²) < 4.78 is 7.13.